The summed E-state index contributed by atoms with van der Waals surface area (Å²) >= 11 is 0. The Hall–Kier alpha value is -4.34. The van der Waals surface area contributed by atoms with Crippen molar-refractivity contribution < 1.29 is 33.8 Å². The number of hydrogen-bond acceptors (Lipinski definition) is 7. The van der Waals surface area contributed by atoms with E-state index in [4.69, 9.17) is 4.74 Å². The standard InChI is InChI=1S/C29H37N3O7/c1-7-15-32(25(21-10-8-9-19(2)16-21)26(35)30-18-24(34)38-6)27(36)23(31-28(37)39-29(3,4)5)17-20-11-13-22(33)14-12-20/h7-14,16,23,25,33H,1,15,17-18H2,2-6H3,(H,30,35)(H,31,37). The van der Waals surface area contributed by atoms with Crippen molar-refractivity contribution in [3.63, 3.8) is 0 Å². The summed E-state index contributed by atoms with van der Waals surface area (Å²) in [5.74, 6) is -1.78. The normalized spacial score (nSPS) is 12.4. The van der Waals surface area contributed by atoms with Gasteiger partial charge < -0.3 is 30.1 Å². The molecule has 0 aliphatic carbocycles. The predicted octanol–water partition coefficient (Wildman–Crippen LogP) is 3.18. The molecule has 0 spiro atoms. The maximum Gasteiger partial charge on any atom is 0.408 e. The van der Waals surface area contributed by atoms with Gasteiger partial charge in [0, 0.05) is 13.0 Å². The molecule has 0 aromatic heterocycles. The molecule has 0 radical (unpaired) electrons. The molecule has 2 rings (SSSR count). The highest BCUT2D eigenvalue weighted by atomic mass is 16.6. The highest BCUT2D eigenvalue weighted by Gasteiger charge is 2.36. The molecule has 3 N–H and O–H groups in total. The first kappa shape index (κ1) is 30.9. The molecule has 0 aliphatic heterocycles. The topological polar surface area (TPSA) is 134 Å². The molecule has 2 aromatic rings. The Kier molecular flexibility index (Phi) is 11.1. The number of esters is 1. The lowest BCUT2D eigenvalue weighted by Gasteiger charge is -2.34. The fourth-order valence-corrected chi connectivity index (χ4v) is 3.82. The summed E-state index contributed by atoms with van der Waals surface area (Å²) in [4.78, 5) is 53.3. The third kappa shape index (κ3) is 9.81. The minimum Gasteiger partial charge on any atom is -0.508 e. The summed E-state index contributed by atoms with van der Waals surface area (Å²) in [6.45, 7) is 10.3. The first-order valence-electron chi connectivity index (χ1n) is 12.4. The summed E-state index contributed by atoms with van der Waals surface area (Å²) in [6, 6.07) is 11.0. The van der Waals surface area contributed by atoms with Crippen LogP contribution in [0.3, 0.4) is 0 Å². The van der Waals surface area contributed by atoms with Gasteiger partial charge in [-0.3, -0.25) is 14.4 Å². The van der Waals surface area contributed by atoms with Crippen molar-refractivity contribution in [2.45, 2.75) is 51.8 Å². The number of phenolic OH excluding ortho intramolecular Hbond substituents is 1. The van der Waals surface area contributed by atoms with Gasteiger partial charge in [0.2, 0.25) is 11.8 Å². The Morgan fingerprint density at radius 3 is 2.33 bits per heavy atom. The van der Waals surface area contributed by atoms with E-state index in [1.165, 1.54) is 30.2 Å². The van der Waals surface area contributed by atoms with Crippen molar-refractivity contribution in [1.29, 1.82) is 0 Å². The van der Waals surface area contributed by atoms with E-state index in [-0.39, 0.29) is 25.3 Å². The number of carbonyl (C=O) groups is 4. The largest absolute Gasteiger partial charge is 0.508 e. The molecule has 0 saturated carbocycles. The number of nitrogens with zero attached hydrogens (tertiary/aromatic N) is 1. The van der Waals surface area contributed by atoms with Gasteiger partial charge in [-0.15, -0.1) is 6.58 Å². The Bertz CT molecular complexity index is 1170. The third-order valence-electron chi connectivity index (χ3n) is 5.53. The molecule has 3 amide bonds. The Labute approximate surface area is 229 Å². The number of methoxy groups -OCH3 is 1. The zero-order valence-corrected chi connectivity index (χ0v) is 23.0. The predicted molar refractivity (Wildman–Crippen MR) is 146 cm³/mol. The number of phenols is 1. The Morgan fingerprint density at radius 1 is 1.10 bits per heavy atom. The lowest BCUT2D eigenvalue weighted by atomic mass is 9.99. The molecule has 0 fully saturated rings. The van der Waals surface area contributed by atoms with Crippen molar-refractivity contribution in [2.24, 2.45) is 0 Å². The number of hydrogen-bond donors (Lipinski definition) is 3. The zero-order valence-electron chi connectivity index (χ0n) is 23.0. The van der Waals surface area contributed by atoms with Crippen LogP contribution in [0, 0.1) is 6.92 Å². The molecule has 2 aromatic carbocycles. The van der Waals surface area contributed by atoms with Crippen molar-refractivity contribution in [1.82, 2.24) is 15.5 Å². The van der Waals surface area contributed by atoms with E-state index >= 15 is 0 Å². The lowest BCUT2D eigenvalue weighted by Crippen LogP contribution is -2.54. The van der Waals surface area contributed by atoms with Crippen LogP contribution in [0.4, 0.5) is 4.79 Å². The van der Waals surface area contributed by atoms with E-state index < -0.39 is 41.6 Å². The minimum absolute atomic E-state index is 0.0365. The second-order valence-electron chi connectivity index (χ2n) is 9.96. The highest BCUT2D eigenvalue weighted by Crippen LogP contribution is 2.24. The molecule has 0 bridgehead atoms. The molecule has 2 atom stereocenters. The van der Waals surface area contributed by atoms with Crippen LogP contribution in [0.25, 0.3) is 0 Å². The van der Waals surface area contributed by atoms with Gasteiger partial charge in [0.25, 0.3) is 0 Å². The van der Waals surface area contributed by atoms with Crippen molar-refractivity contribution in [2.75, 3.05) is 20.2 Å². The molecule has 0 aliphatic rings. The summed E-state index contributed by atoms with van der Waals surface area (Å²) in [5.41, 5.74) is 1.21. The molecule has 0 heterocycles. The van der Waals surface area contributed by atoms with Crippen LogP contribution in [-0.2, 0) is 30.3 Å². The summed E-state index contributed by atoms with van der Waals surface area (Å²) < 4.78 is 10.0. The van der Waals surface area contributed by atoms with Crippen LogP contribution in [0.1, 0.15) is 43.5 Å². The smallest absolute Gasteiger partial charge is 0.408 e. The summed E-state index contributed by atoms with van der Waals surface area (Å²) in [7, 11) is 1.20. The van der Waals surface area contributed by atoms with Crippen molar-refractivity contribution in [3.8, 4) is 5.75 Å². The van der Waals surface area contributed by atoms with Crippen LogP contribution in [0.2, 0.25) is 0 Å². The first-order valence-corrected chi connectivity index (χ1v) is 12.4. The van der Waals surface area contributed by atoms with Gasteiger partial charge in [-0.2, -0.15) is 0 Å². The molecule has 210 valence electrons. The van der Waals surface area contributed by atoms with E-state index in [0.29, 0.717) is 11.1 Å². The number of aromatic hydroxyl groups is 1. The number of benzene rings is 2. The van der Waals surface area contributed by atoms with Crippen LogP contribution < -0.4 is 10.6 Å². The number of rotatable bonds is 11. The number of alkyl carbamates (subject to hydrolysis) is 1. The molecule has 10 heteroatoms. The number of nitrogens with one attached hydrogen (secondary N) is 2. The van der Waals surface area contributed by atoms with E-state index in [2.05, 4.69) is 21.9 Å². The van der Waals surface area contributed by atoms with Crippen LogP contribution in [0.5, 0.6) is 5.75 Å². The fraction of sp³-hybridized carbons (Fsp3) is 0.379. The average Bonchev–Trinajstić information content (AvgIpc) is 2.86. The quantitative estimate of drug-likeness (QED) is 0.295. The first-order chi connectivity index (χ1) is 18.3. The maximum absolute atomic E-state index is 14.1. The van der Waals surface area contributed by atoms with Crippen molar-refractivity contribution in [3.05, 3.63) is 77.9 Å². The van der Waals surface area contributed by atoms with Crippen LogP contribution in [-0.4, -0.2) is 65.7 Å². The monoisotopic (exact) mass is 539 g/mol. The number of carbonyl (C=O) groups excluding carboxylic acids is 4. The van der Waals surface area contributed by atoms with Gasteiger partial charge in [0.05, 0.1) is 7.11 Å². The number of ether oxygens (including phenoxy) is 2. The average molecular weight is 540 g/mol. The molecule has 2 unspecified atom stereocenters. The summed E-state index contributed by atoms with van der Waals surface area (Å²) in [5, 5.41) is 14.8. The van der Waals surface area contributed by atoms with E-state index in [0.717, 1.165) is 5.56 Å². The lowest BCUT2D eigenvalue weighted by molar-refractivity contribution is -0.144. The fourth-order valence-electron chi connectivity index (χ4n) is 3.82. The van der Waals surface area contributed by atoms with Gasteiger partial charge in [-0.05, 0) is 51.0 Å². The summed E-state index contributed by atoms with van der Waals surface area (Å²) in [6.07, 6.45) is 0.718. The Morgan fingerprint density at radius 2 is 1.77 bits per heavy atom. The Balaban J connectivity index is 2.52. The third-order valence-corrected chi connectivity index (χ3v) is 5.53. The van der Waals surface area contributed by atoms with Gasteiger partial charge in [-0.1, -0.05) is 48.0 Å². The molecule has 39 heavy (non-hydrogen) atoms. The van der Waals surface area contributed by atoms with Crippen LogP contribution in [0.15, 0.2) is 61.2 Å². The molecule has 10 nitrogen and oxygen atoms in total. The van der Waals surface area contributed by atoms with E-state index in [1.807, 2.05) is 13.0 Å². The second kappa shape index (κ2) is 14.0. The van der Waals surface area contributed by atoms with Crippen molar-refractivity contribution >= 4 is 23.9 Å². The molecular formula is C29H37N3O7. The maximum atomic E-state index is 14.1. The molecule has 0 saturated heterocycles. The van der Waals surface area contributed by atoms with Gasteiger partial charge in [0.1, 0.15) is 30.0 Å². The van der Waals surface area contributed by atoms with E-state index in [9.17, 15) is 24.3 Å². The van der Waals surface area contributed by atoms with Gasteiger partial charge in [-0.25, -0.2) is 4.79 Å². The number of aryl methyl sites for hydroxylation is 1. The second-order valence-corrected chi connectivity index (χ2v) is 9.96. The van der Waals surface area contributed by atoms with Crippen LogP contribution >= 0.6 is 0 Å². The SMILES string of the molecule is C=CCN(C(=O)C(Cc1ccc(O)cc1)NC(=O)OC(C)(C)C)C(C(=O)NCC(=O)OC)c1cccc(C)c1. The minimum atomic E-state index is -1.15. The van der Waals surface area contributed by atoms with Gasteiger partial charge >= 0.3 is 12.1 Å². The van der Waals surface area contributed by atoms with Gasteiger partial charge in [0.15, 0.2) is 0 Å². The zero-order chi connectivity index (χ0) is 29.2. The van der Waals surface area contributed by atoms with E-state index in [1.54, 1.807) is 51.1 Å². The molecular weight excluding hydrogens is 502 g/mol. The number of amides is 3. The highest BCUT2D eigenvalue weighted by molar-refractivity contribution is 5.93.